The van der Waals surface area contributed by atoms with Crippen molar-refractivity contribution in [3.8, 4) is 5.75 Å². The van der Waals surface area contributed by atoms with E-state index in [9.17, 15) is 4.79 Å². The summed E-state index contributed by atoms with van der Waals surface area (Å²) in [6, 6.07) is 5.84. The molecule has 0 aliphatic rings. The number of hydrogen-bond acceptors (Lipinski definition) is 3. The van der Waals surface area contributed by atoms with Gasteiger partial charge in [-0.25, -0.2) is 0 Å². The smallest absolute Gasteiger partial charge is 0.257 e. The Balaban J connectivity index is 2.36. The maximum atomic E-state index is 11.5. The van der Waals surface area contributed by atoms with Crippen LogP contribution in [0.5, 0.6) is 5.75 Å². The minimum atomic E-state index is -0.0854. The van der Waals surface area contributed by atoms with Crippen molar-refractivity contribution in [2.45, 2.75) is 13.8 Å². The maximum Gasteiger partial charge on any atom is 0.257 e. The van der Waals surface area contributed by atoms with E-state index in [0.717, 1.165) is 17.9 Å². The van der Waals surface area contributed by atoms with Crippen molar-refractivity contribution in [2.75, 3.05) is 33.8 Å². The van der Waals surface area contributed by atoms with Crippen LogP contribution in [0, 0.1) is 13.8 Å². The highest BCUT2D eigenvalue weighted by molar-refractivity contribution is 5.77. The van der Waals surface area contributed by atoms with Crippen LogP contribution in [0.3, 0.4) is 0 Å². The van der Waals surface area contributed by atoms with Gasteiger partial charge in [0, 0.05) is 13.1 Å². The average molecular weight is 250 g/mol. The topological polar surface area (TPSA) is 41.6 Å². The van der Waals surface area contributed by atoms with Crippen LogP contribution in [-0.4, -0.2) is 44.6 Å². The van der Waals surface area contributed by atoms with Crippen LogP contribution in [0.2, 0.25) is 0 Å². The third-order valence-electron chi connectivity index (χ3n) is 2.79. The van der Waals surface area contributed by atoms with Gasteiger partial charge in [0.2, 0.25) is 0 Å². The fourth-order valence-electron chi connectivity index (χ4n) is 1.49. The van der Waals surface area contributed by atoms with Crippen LogP contribution in [0.1, 0.15) is 11.1 Å². The number of likely N-dealkylation sites (N-methyl/N-ethyl adjacent to an activating group) is 1. The minimum absolute atomic E-state index is 0.0672. The van der Waals surface area contributed by atoms with Crippen molar-refractivity contribution in [3.05, 3.63) is 29.3 Å². The Morgan fingerprint density at radius 1 is 1.33 bits per heavy atom. The van der Waals surface area contributed by atoms with Gasteiger partial charge >= 0.3 is 0 Å². The standard InChI is InChI=1S/C14H22N2O2/c1-11-6-5-7-13(12(11)2)18-10-14(17)15-8-9-16(3)4/h5-7H,8-10H2,1-4H3,(H,15,17). The highest BCUT2D eigenvalue weighted by Crippen LogP contribution is 2.20. The number of nitrogens with one attached hydrogen (secondary N) is 1. The van der Waals surface area contributed by atoms with Crippen molar-refractivity contribution in [1.29, 1.82) is 0 Å². The Bertz CT molecular complexity index is 403. The van der Waals surface area contributed by atoms with Crippen LogP contribution in [0.25, 0.3) is 0 Å². The molecule has 1 amide bonds. The second-order valence-corrected chi connectivity index (χ2v) is 4.64. The van der Waals surface area contributed by atoms with Gasteiger partial charge < -0.3 is 15.0 Å². The number of amides is 1. The summed E-state index contributed by atoms with van der Waals surface area (Å²) in [4.78, 5) is 13.6. The van der Waals surface area contributed by atoms with E-state index in [1.807, 2.05) is 51.0 Å². The first-order chi connectivity index (χ1) is 8.50. The Hall–Kier alpha value is -1.55. The monoisotopic (exact) mass is 250 g/mol. The molecular formula is C14H22N2O2. The number of aryl methyl sites for hydroxylation is 1. The summed E-state index contributed by atoms with van der Waals surface area (Å²) < 4.78 is 5.51. The zero-order valence-electron chi connectivity index (χ0n) is 11.6. The summed E-state index contributed by atoms with van der Waals surface area (Å²) in [5.41, 5.74) is 2.25. The number of rotatable bonds is 6. The minimum Gasteiger partial charge on any atom is -0.483 e. The summed E-state index contributed by atoms with van der Waals surface area (Å²) in [7, 11) is 3.94. The molecule has 0 fully saturated rings. The molecule has 0 radical (unpaired) electrons. The normalized spacial score (nSPS) is 10.5. The first-order valence-corrected chi connectivity index (χ1v) is 6.11. The molecule has 0 aliphatic heterocycles. The van der Waals surface area contributed by atoms with Gasteiger partial charge in [-0.15, -0.1) is 0 Å². The lowest BCUT2D eigenvalue weighted by Crippen LogP contribution is -2.34. The summed E-state index contributed by atoms with van der Waals surface area (Å²) in [6.45, 7) is 5.56. The number of carbonyl (C=O) groups excluding carboxylic acids is 1. The van der Waals surface area contributed by atoms with Gasteiger partial charge in [0.15, 0.2) is 6.61 Å². The van der Waals surface area contributed by atoms with Crippen molar-refractivity contribution in [1.82, 2.24) is 10.2 Å². The Morgan fingerprint density at radius 2 is 2.06 bits per heavy atom. The molecule has 1 N–H and O–H groups in total. The van der Waals surface area contributed by atoms with Gasteiger partial charge in [0.05, 0.1) is 0 Å². The molecule has 0 aliphatic carbocycles. The Kier molecular flexibility index (Phi) is 5.65. The van der Waals surface area contributed by atoms with Crippen LogP contribution < -0.4 is 10.1 Å². The molecule has 1 rings (SSSR count). The Labute approximate surface area is 109 Å². The first-order valence-electron chi connectivity index (χ1n) is 6.11. The number of ether oxygens (including phenoxy) is 1. The third kappa shape index (κ3) is 4.75. The zero-order valence-corrected chi connectivity index (χ0v) is 11.6. The van der Waals surface area contributed by atoms with Gasteiger partial charge in [-0.1, -0.05) is 12.1 Å². The molecule has 4 heteroatoms. The highest BCUT2D eigenvalue weighted by atomic mass is 16.5. The van der Waals surface area contributed by atoms with Gasteiger partial charge in [-0.3, -0.25) is 4.79 Å². The number of hydrogen-bond donors (Lipinski definition) is 1. The lowest BCUT2D eigenvalue weighted by molar-refractivity contribution is -0.123. The Morgan fingerprint density at radius 3 is 2.72 bits per heavy atom. The molecule has 0 unspecified atom stereocenters. The lowest BCUT2D eigenvalue weighted by atomic mass is 10.1. The van der Waals surface area contributed by atoms with E-state index in [2.05, 4.69) is 5.32 Å². The van der Waals surface area contributed by atoms with E-state index in [1.165, 1.54) is 5.56 Å². The largest absolute Gasteiger partial charge is 0.483 e. The van der Waals surface area contributed by atoms with Gasteiger partial charge in [0.1, 0.15) is 5.75 Å². The van der Waals surface area contributed by atoms with Crippen molar-refractivity contribution in [2.24, 2.45) is 0 Å². The summed E-state index contributed by atoms with van der Waals surface area (Å²) in [6.07, 6.45) is 0. The molecule has 0 saturated heterocycles. The van der Waals surface area contributed by atoms with Crippen LogP contribution in [-0.2, 0) is 4.79 Å². The molecule has 4 nitrogen and oxygen atoms in total. The number of carbonyl (C=O) groups is 1. The molecule has 1 aromatic carbocycles. The SMILES string of the molecule is Cc1cccc(OCC(=O)NCCN(C)C)c1C. The number of benzene rings is 1. The van der Waals surface area contributed by atoms with E-state index < -0.39 is 0 Å². The second kappa shape index (κ2) is 7.01. The fourth-order valence-corrected chi connectivity index (χ4v) is 1.49. The zero-order chi connectivity index (χ0) is 13.5. The third-order valence-corrected chi connectivity index (χ3v) is 2.79. The first kappa shape index (κ1) is 14.5. The molecule has 0 bridgehead atoms. The van der Waals surface area contributed by atoms with E-state index in [0.29, 0.717) is 6.54 Å². The maximum absolute atomic E-state index is 11.5. The van der Waals surface area contributed by atoms with E-state index in [1.54, 1.807) is 0 Å². The van der Waals surface area contributed by atoms with Gasteiger partial charge in [-0.2, -0.15) is 0 Å². The van der Waals surface area contributed by atoms with Gasteiger partial charge in [-0.05, 0) is 45.1 Å². The van der Waals surface area contributed by atoms with E-state index in [4.69, 9.17) is 4.74 Å². The molecule has 0 spiro atoms. The molecule has 1 aromatic rings. The lowest BCUT2D eigenvalue weighted by Gasteiger charge is -2.12. The number of nitrogens with zero attached hydrogens (tertiary/aromatic N) is 1. The molecule has 0 saturated carbocycles. The van der Waals surface area contributed by atoms with E-state index >= 15 is 0 Å². The van der Waals surface area contributed by atoms with Crippen molar-refractivity contribution in [3.63, 3.8) is 0 Å². The predicted molar refractivity (Wildman–Crippen MR) is 73.0 cm³/mol. The summed E-state index contributed by atoms with van der Waals surface area (Å²) in [5.74, 6) is 0.690. The molecular weight excluding hydrogens is 228 g/mol. The van der Waals surface area contributed by atoms with Gasteiger partial charge in [0.25, 0.3) is 5.91 Å². The molecule has 0 atom stereocenters. The second-order valence-electron chi connectivity index (χ2n) is 4.64. The molecule has 100 valence electrons. The molecule has 0 aromatic heterocycles. The molecule has 0 heterocycles. The van der Waals surface area contributed by atoms with Crippen LogP contribution in [0.15, 0.2) is 18.2 Å². The average Bonchev–Trinajstić information content (AvgIpc) is 2.30. The predicted octanol–water partition coefficient (Wildman–Crippen LogP) is 1.36. The summed E-state index contributed by atoms with van der Waals surface area (Å²) >= 11 is 0. The van der Waals surface area contributed by atoms with Crippen molar-refractivity contribution >= 4 is 5.91 Å². The molecule has 18 heavy (non-hydrogen) atoms. The van der Waals surface area contributed by atoms with E-state index in [-0.39, 0.29) is 12.5 Å². The highest BCUT2D eigenvalue weighted by Gasteiger charge is 2.05. The van der Waals surface area contributed by atoms with Crippen molar-refractivity contribution < 1.29 is 9.53 Å². The fraction of sp³-hybridized carbons (Fsp3) is 0.500. The van der Waals surface area contributed by atoms with Crippen LogP contribution >= 0.6 is 0 Å². The van der Waals surface area contributed by atoms with Crippen LogP contribution in [0.4, 0.5) is 0 Å². The summed E-state index contributed by atoms with van der Waals surface area (Å²) in [5, 5.41) is 2.81. The quantitative estimate of drug-likeness (QED) is 0.829.